The van der Waals surface area contributed by atoms with Gasteiger partial charge in [0, 0.05) is 6.42 Å². The van der Waals surface area contributed by atoms with Gasteiger partial charge in [0.25, 0.3) is 0 Å². The number of hydrogen-bond donors (Lipinski definition) is 0. The molecule has 0 aliphatic rings. The van der Waals surface area contributed by atoms with Crippen molar-refractivity contribution in [2.75, 3.05) is 0 Å². The first-order valence-corrected chi connectivity index (χ1v) is 6.92. The average Bonchev–Trinajstić information content (AvgIpc) is 2.70. The minimum atomic E-state index is 0.622. The van der Waals surface area contributed by atoms with Gasteiger partial charge in [0.2, 0.25) is 5.89 Å². The molecule has 0 saturated heterocycles. The zero-order valence-corrected chi connectivity index (χ0v) is 11.7. The normalized spacial score (nSPS) is 14.8. The molecule has 98 valence electrons. The molecule has 17 heavy (non-hydrogen) atoms. The number of hydrogen-bond acceptors (Lipinski definition) is 3. The molecule has 2 atom stereocenters. The van der Waals surface area contributed by atoms with Crippen molar-refractivity contribution < 1.29 is 4.52 Å². The highest BCUT2D eigenvalue weighted by molar-refractivity contribution is 4.85. The topological polar surface area (TPSA) is 38.9 Å². The Labute approximate surface area is 105 Å². The van der Waals surface area contributed by atoms with Gasteiger partial charge >= 0.3 is 0 Å². The first kappa shape index (κ1) is 14.2. The lowest BCUT2D eigenvalue weighted by atomic mass is 9.88. The van der Waals surface area contributed by atoms with Crippen LogP contribution in [0.15, 0.2) is 4.52 Å². The molecule has 3 heteroatoms. The summed E-state index contributed by atoms with van der Waals surface area (Å²) < 4.78 is 5.17. The summed E-state index contributed by atoms with van der Waals surface area (Å²) in [4.78, 5) is 4.26. The molecule has 1 aromatic rings. The van der Waals surface area contributed by atoms with Gasteiger partial charge in [-0.05, 0) is 18.8 Å². The van der Waals surface area contributed by atoms with Crippen LogP contribution in [-0.2, 0) is 6.42 Å². The van der Waals surface area contributed by atoms with E-state index >= 15 is 0 Å². The first-order valence-electron chi connectivity index (χ1n) is 6.92. The van der Waals surface area contributed by atoms with E-state index in [9.17, 15) is 0 Å². The molecule has 1 heterocycles. The van der Waals surface area contributed by atoms with Gasteiger partial charge in [0.15, 0.2) is 5.82 Å². The smallest absolute Gasteiger partial charge is 0.226 e. The maximum atomic E-state index is 5.17. The second kappa shape index (κ2) is 7.46. The first-order chi connectivity index (χ1) is 8.13. The number of aromatic nitrogens is 2. The minimum Gasteiger partial charge on any atom is -0.339 e. The SMILES string of the molecule is CCCCCCC(C)C(C)Cc1nc(C)no1. The van der Waals surface area contributed by atoms with Crippen molar-refractivity contribution in [3.63, 3.8) is 0 Å². The Kier molecular flexibility index (Phi) is 6.23. The molecule has 0 saturated carbocycles. The van der Waals surface area contributed by atoms with E-state index in [0.29, 0.717) is 5.92 Å². The third-order valence-corrected chi connectivity index (χ3v) is 3.55. The highest BCUT2D eigenvalue weighted by atomic mass is 16.5. The van der Waals surface area contributed by atoms with Crippen molar-refractivity contribution in [3.8, 4) is 0 Å². The largest absolute Gasteiger partial charge is 0.339 e. The van der Waals surface area contributed by atoms with E-state index in [4.69, 9.17) is 4.52 Å². The van der Waals surface area contributed by atoms with E-state index in [1.807, 2.05) is 6.92 Å². The van der Waals surface area contributed by atoms with Crippen LogP contribution in [0.3, 0.4) is 0 Å². The number of nitrogens with zero attached hydrogens (tertiary/aromatic N) is 2. The molecule has 1 aromatic heterocycles. The predicted octanol–water partition coefficient (Wildman–Crippen LogP) is 4.16. The zero-order chi connectivity index (χ0) is 12.7. The van der Waals surface area contributed by atoms with Gasteiger partial charge in [0.1, 0.15) is 0 Å². The second-order valence-corrected chi connectivity index (χ2v) is 5.24. The van der Waals surface area contributed by atoms with E-state index < -0.39 is 0 Å². The van der Waals surface area contributed by atoms with Gasteiger partial charge in [-0.3, -0.25) is 0 Å². The molecule has 1 rings (SSSR count). The molecule has 0 amide bonds. The Morgan fingerprint density at radius 2 is 1.88 bits per heavy atom. The van der Waals surface area contributed by atoms with Gasteiger partial charge in [-0.15, -0.1) is 0 Å². The third kappa shape index (κ3) is 5.33. The molecular weight excluding hydrogens is 212 g/mol. The predicted molar refractivity (Wildman–Crippen MR) is 69.8 cm³/mol. The molecule has 0 bridgehead atoms. The van der Waals surface area contributed by atoms with E-state index in [1.165, 1.54) is 32.1 Å². The molecule has 0 aliphatic carbocycles. The number of aryl methyl sites for hydroxylation is 1. The van der Waals surface area contributed by atoms with Crippen LogP contribution in [0, 0.1) is 18.8 Å². The van der Waals surface area contributed by atoms with E-state index in [1.54, 1.807) is 0 Å². The van der Waals surface area contributed by atoms with Crippen LogP contribution in [-0.4, -0.2) is 10.1 Å². The summed E-state index contributed by atoms with van der Waals surface area (Å²) in [6.07, 6.45) is 7.62. The van der Waals surface area contributed by atoms with Crippen LogP contribution in [0.1, 0.15) is 64.6 Å². The zero-order valence-electron chi connectivity index (χ0n) is 11.7. The fourth-order valence-corrected chi connectivity index (χ4v) is 2.08. The van der Waals surface area contributed by atoms with Crippen LogP contribution in [0.5, 0.6) is 0 Å². The van der Waals surface area contributed by atoms with Gasteiger partial charge < -0.3 is 4.52 Å². The van der Waals surface area contributed by atoms with Crippen molar-refractivity contribution in [3.05, 3.63) is 11.7 Å². The molecule has 0 radical (unpaired) electrons. The molecule has 2 unspecified atom stereocenters. The molecule has 0 fully saturated rings. The second-order valence-electron chi connectivity index (χ2n) is 5.24. The van der Waals surface area contributed by atoms with Crippen molar-refractivity contribution in [1.82, 2.24) is 10.1 Å². The molecule has 3 nitrogen and oxygen atoms in total. The minimum absolute atomic E-state index is 0.622. The van der Waals surface area contributed by atoms with Gasteiger partial charge in [-0.25, -0.2) is 0 Å². The quantitative estimate of drug-likeness (QED) is 0.638. The summed E-state index contributed by atoms with van der Waals surface area (Å²) in [5.41, 5.74) is 0. The van der Waals surface area contributed by atoms with Crippen molar-refractivity contribution in [1.29, 1.82) is 0 Å². The van der Waals surface area contributed by atoms with E-state index in [-0.39, 0.29) is 0 Å². The van der Waals surface area contributed by atoms with Gasteiger partial charge in [0.05, 0.1) is 0 Å². The van der Waals surface area contributed by atoms with E-state index in [2.05, 4.69) is 30.9 Å². The Morgan fingerprint density at radius 1 is 1.12 bits per heavy atom. The maximum Gasteiger partial charge on any atom is 0.226 e. The monoisotopic (exact) mass is 238 g/mol. The molecule has 0 aromatic carbocycles. The molecule has 0 N–H and O–H groups in total. The lowest BCUT2D eigenvalue weighted by Gasteiger charge is -2.17. The number of rotatable bonds is 8. The summed E-state index contributed by atoms with van der Waals surface area (Å²) in [7, 11) is 0. The number of unbranched alkanes of at least 4 members (excludes halogenated alkanes) is 3. The summed E-state index contributed by atoms with van der Waals surface area (Å²) in [5.74, 6) is 2.88. The molecular formula is C14H26N2O. The van der Waals surface area contributed by atoms with Crippen LogP contribution < -0.4 is 0 Å². The third-order valence-electron chi connectivity index (χ3n) is 3.55. The summed E-state index contributed by atoms with van der Waals surface area (Å²) in [6, 6.07) is 0. The fourth-order valence-electron chi connectivity index (χ4n) is 2.08. The average molecular weight is 238 g/mol. The molecule has 0 aliphatic heterocycles. The van der Waals surface area contributed by atoms with Crippen molar-refractivity contribution in [2.24, 2.45) is 11.8 Å². The summed E-state index contributed by atoms with van der Waals surface area (Å²) in [6.45, 7) is 8.74. The van der Waals surface area contributed by atoms with Crippen LogP contribution in [0.4, 0.5) is 0 Å². The Morgan fingerprint density at radius 3 is 2.47 bits per heavy atom. The van der Waals surface area contributed by atoms with E-state index in [0.717, 1.165) is 24.1 Å². The van der Waals surface area contributed by atoms with Crippen LogP contribution >= 0.6 is 0 Å². The van der Waals surface area contributed by atoms with Crippen molar-refractivity contribution >= 4 is 0 Å². The lowest BCUT2D eigenvalue weighted by Crippen LogP contribution is -2.11. The maximum absolute atomic E-state index is 5.17. The Bertz CT molecular complexity index is 309. The molecule has 0 spiro atoms. The highest BCUT2D eigenvalue weighted by Gasteiger charge is 2.15. The highest BCUT2D eigenvalue weighted by Crippen LogP contribution is 2.21. The Balaban J connectivity index is 2.24. The summed E-state index contributed by atoms with van der Waals surface area (Å²) >= 11 is 0. The lowest BCUT2D eigenvalue weighted by molar-refractivity contribution is 0.301. The summed E-state index contributed by atoms with van der Waals surface area (Å²) in [5, 5.41) is 3.83. The Hall–Kier alpha value is -0.860. The standard InChI is InChI=1S/C14H26N2O/c1-5-6-7-8-9-11(2)12(3)10-14-15-13(4)16-17-14/h11-12H,5-10H2,1-4H3. The van der Waals surface area contributed by atoms with Crippen LogP contribution in [0.2, 0.25) is 0 Å². The van der Waals surface area contributed by atoms with Gasteiger partial charge in [-0.2, -0.15) is 4.98 Å². The van der Waals surface area contributed by atoms with Crippen molar-refractivity contribution in [2.45, 2.75) is 66.2 Å². The van der Waals surface area contributed by atoms with Crippen LogP contribution in [0.25, 0.3) is 0 Å². The van der Waals surface area contributed by atoms with Gasteiger partial charge in [-0.1, -0.05) is 58.0 Å². The fraction of sp³-hybridized carbons (Fsp3) is 0.857.